The van der Waals surface area contributed by atoms with Crippen LogP contribution in [0.15, 0.2) is 18.5 Å². The Morgan fingerprint density at radius 2 is 2.24 bits per heavy atom. The van der Waals surface area contributed by atoms with Crippen LogP contribution in [0.1, 0.15) is 23.1 Å². The van der Waals surface area contributed by atoms with E-state index in [1.807, 2.05) is 18.5 Å². The minimum absolute atomic E-state index is 0.194. The fourth-order valence-electron chi connectivity index (χ4n) is 1.82. The highest BCUT2D eigenvalue weighted by Crippen LogP contribution is 2.14. The first-order chi connectivity index (χ1) is 10.1. The predicted molar refractivity (Wildman–Crippen MR) is 80.5 cm³/mol. The second-order valence-electron chi connectivity index (χ2n) is 4.46. The largest absolute Gasteiger partial charge is 0.370 e. The molecule has 2 N–H and O–H groups in total. The van der Waals surface area contributed by atoms with Crippen molar-refractivity contribution in [2.75, 3.05) is 18.4 Å². The molecular formula is C13H17ClN6O. The summed E-state index contributed by atoms with van der Waals surface area (Å²) in [5.41, 5.74) is 0.476. The number of anilines is 1. The highest BCUT2D eigenvalue weighted by Gasteiger charge is 2.09. The Morgan fingerprint density at radius 1 is 1.43 bits per heavy atom. The normalized spacial score (nSPS) is 10.4. The van der Waals surface area contributed by atoms with Crippen LogP contribution in [-0.4, -0.2) is 38.7 Å². The summed E-state index contributed by atoms with van der Waals surface area (Å²) in [6.45, 7) is 3.13. The molecule has 21 heavy (non-hydrogen) atoms. The third-order valence-corrected chi connectivity index (χ3v) is 3.05. The van der Waals surface area contributed by atoms with Gasteiger partial charge in [0.2, 0.25) is 0 Å². The fourth-order valence-corrected chi connectivity index (χ4v) is 2.03. The van der Waals surface area contributed by atoms with Crippen LogP contribution in [0.5, 0.6) is 0 Å². The van der Waals surface area contributed by atoms with Crippen molar-refractivity contribution in [3.63, 3.8) is 0 Å². The van der Waals surface area contributed by atoms with Crippen molar-refractivity contribution in [1.82, 2.24) is 25.1 Å². The molecule has 0 atom stereocenters. The lowest BCUT2D eigenvalue weighted by atomic mass is 10.2. The number of nitrogens with zero attached hydrogens (tertiary/aromatic N) is 4. The van der Waals surface area contributed by atoms with Crippen molar-refractivity contribution in [3.05, 3.63) is 35.0 Å². The van der Waals surface area contributed by atoms with Gasteiger partial charge in [-0.1, -0.05) is 11.6 Å². The van der Waals surface area contributed by atoms with E-state index in [4.69, 9.17) is 11.6 Å². The van der Waals surface area contributed by atoms with E-state index in [1.165, 1.54) is 0 Å². The Bertz CT molecular complexity index is 627. The topological polar surface area (TPSA) is 84.7 Å². The van der Waals surface area contributed by atoms with Gasteiger partial charge in [-0.2, -0.15) is 0 Å². The summed E-state index contributed by atoms with van der Waals surface area (Å²) in [4.78, 5) is 16.2. The number of pyridine rings is 1. The minimum Gasteiger partial charge on any atom is -0.370 e. The number of aromatic nitrogens is 4. The molecule has 2 aromatic heterocycles. The van der Waals surface area contributed by atoms with Crippen LogP contribution in [-0.2, 0) is 13.5 Å². The molecule has 1 amide bonds. The lowest BCUT2D eigenvalue weighted by Gasteiger charge is -2.08. The van der Waals surface area contributed by atoms with Crippen LogP contribution in [0, 0.1) is 0 Å². The molecule has 112 valence electrons. The van der Waals surface area contributed by atoms with Gasteiger partial charge in [0.05, 0.1) is 0 Å². The molecule has 2 aromatic rings. The van der Waals surface area contributed by atoms with Crippen LogP contribution >= 0.6 is 11.6 Å². The van der Waals surface area contributed by atoms with Crippen LogP contribution in [0.3, 0.4) is 0 Å². The third kappa shape index (κ3) is 4.16. The Hall–Kier alpha value is -2.15. The van der Waals surface area contributed by atoms with Crippen molar-refractivity contribution in [2.24, 2.45) is 7.05 Å². The van der Waals surface area contributed by atoms with Gasteiger partial charge in [0, 0.05) is 32.1 Å². The fraction of sp³-hybridized carbons (Fsp3) is 0.385. The molecule has 0 aliphatic heterocycles. The number of hydrogen-bond acceptors (Lipinski definition) is 5. The van der Waals surface area contributed by atoms with E-state index < -0.39 is 0 Å². The Morgan fingerprint density at radius 3 is 2.90 bits per heavy atom. The number of halogens is 1. The number of aryl methyl sites for hydroxylation is 1. The van der Waals surface area contributed by atoms with E-state index in [1.54, 1.807) is 18.5 Å². The number of hydrogen-bond donors (Lipinski definition) is 2. The number of carbonyl (C=O) groups excluding carboxylic acids is 1. The molecule has 0 unspecified atom stereocenters. The highest BCUT2D eigenvalue weighted by molar-refractivity contribution is 6.29. The lowest BCUT2D eigenvalue weighted by molar-refractivity contribution is 0.0954. The zero-order chi connectivity index (χ0) is 15.2. The lowest BCUT2D eigenvalue weighted by Crippen LogP contribution is -2.26. The SMILES string of the molecule is CCNc1cc(C(=O)NCCc2nncn2C)cc(Cl)n1. The van der Waals surface area contributed by atoms with Gasteiger partial charge in [-0.05, 0) is 19.1 Å². The van der Waals surface area contributed by atoms with Crippen LogP contribution < -0.4 is 10.6 Å². The van der Waals surface area contributed by atoms with Gasteiger partial charge < -0.3 is 15.2 Å². The Kier molecular flexibility index (Phi) is 5.10. The molecule has 8 heteroatoms. The zero-order valence-electron chi connectivity index (χ0n) is 11.9. The predicted octanol–water partition coefficient (Wildman–Crippen LogP) is 1.27. The molecule has 0 spiro atoms. The van der Waals surface area contributed by atoms with Crippen molar-refractivity contribution < 1.29 is 4.79 Å². The minimum atomic E-state index is -0.194. The molecule has 0 aliphatic rings. The Balaban J connectivity index is 1.95. The summed E-state index contributed by atoms with van der Waals surface area (Å²) in [7, 11) is 1.86. The highest BCUT2D eigenvalue weighted by atomic mass is 35.5. The number of rotatable bonds is 6. The first-order valence-corrected chi connectivity index (χ1v) is 7.00. The first-order valence-electron chi connectivity index (χ1n) is 6.62. The Labute approximate surface area is 127 Å². The number of amides is 1. The van der Waals surface area contributed by atoms with Gasteiger partial charge in [-0.15, -0.1) is 10.2 Å². The third-order valence-electron chi connectivity index (χ3n) is 2.85. The molecule has 0 saturated heterocycles. The molecule has 0 radical (unpaired) electrons. The van der Waals surface area contributed by atoms with E-state index in [9.17, 15) is 4.79 Å². The first kappa shape index (κ1) is 15.2. The maximum atomic E-state index is 12.1. The summed E-state index contributed by atoms with van der Waals surface area (Å²) in [5.74, 6) is 1.21. The van der Waals surface area contributed by atoms with Gasteiger partial charge in [0.25, 0.3) is 5.91 Å². The average molecular weight is 309 g/mol. The molecule has 0 fully saturated rings. The van der Waals surface area contributed by atoms with Gasteiger partial charge in [-0.25, -0.2) is 4.98 Å². The molecule has 7 nitrogen and oxygen atoms in total. The van der Waals surface area contributed by atoms with E-state index in [0.717, 1.165) is 5.82 Å². The molecule has 2 rings (SSSR count). The standard InChI is InChI=1S/C13H17ClN6O/c1-3-15-11-7-9(6-10(14)18-11)13(21)16-5-4-12-19-17-8-20(12)2/h6-8H,3-5H2,1-2H3,(H,15,18)(H,16,21). The van der Waals surface area contributed by atoms with Crippen molar-refractivity contribution >= 4 is 23.3 Å². The van der Waals surface area contributed by atoms with E-state index in [0.29, 0.717) is 30.9 Å². The summed E-state index contributed by atoms with van der Waals surface area (Å²) >= 11 is 5.91. The zero-order valence-corrected chi connectivity index (χ0v) is 12.7. The quantitative estimate of drug-likeness (QED) is 0.785. The van der Waals surface area contributed by atoms with Gasteiger partial charge in [0.1, 0.15) is 23.1 Å². The number of carbonyl (C=O) groups is 1. The van der Waals surface area contributed by atoms with E-state index >= 15 is 0 Å². The molecular weight excluding hydrogens is 292 g/mol. The summed E-state index contributed by atoms with van der Waals surface area (Å²) < 4.78 is 1.82. The van der Waals surface area contributed by atoms with E-state index in [-0.39, 0.29) is 11.1 Å². The second-order valence-corrected chi connectivity index (χ2v) is 4.85. The second kappa shape index (κ2) is 7.03. The maximum absolute atomic E-state index is 12.1. The van der Waals surface area contributed by atoms with Crippen LogP contribution in [0.2, 0.25) is 5.15 Å². The smallest absolute Gasteiger partial charge is 0.251 e. The van der Waals surface area contributed by atoms with Crippen molar-refractivity contribution in [2.45, 2.75) is 13.3 Å². The number of nitrogens with one attached hydrogen (secondary N) is 2. The van der Waals surface area contributed by atoms with Crippen molar-refractivity contribution in [1.29, 1.82) is 0 Å². The monoisotopic (exact) mass is 308 g/mol. The van der Waals surface area contributed by atoms with Gasteiger partial charge in [-0.3, -0.25) is 4.79 Å². The summed E-state index contributed by atoms with van der Waals surface area (Å²) in [6, 6.07) is 3.22. The molecule has 0 aromatic carbocycles. The molecule has 2 heterocycles. The summed E-state index contributed by atoms with van der Waals surface area (Å²) in [5, 5.41) is 13.9. The molecule has 0 bridgehead atoms. The van der Waals surface area contributed by atoms with E-state index in [2.05, 4.69) is 25.8 Å². The van der Waals surface area contributed by atoms with Crippen molar-refractivity contribution in [3.8, 4) is 0 Å². The maximum Gasteiger partial charge on any atom is 0.251 e. The van der Waals surface area contributed by atoms with Crippen LogP contribution in [0.25, 0.3) is 0 Å². The average Bonchev–Trinajstić information content (AvgIpc) is 2.84. The summed E-state index contributed by atoms with van der Waals surface area (Å²) in [6.07, 6.45) is 2.24. The van der Waals surface area contributed by atoms with Crippen LogP contribution in [0.4, 0.5) is 5.82 Å². The molecule has 0 saturated carbocycles. The van der Waals surface area contributed by atoms with Gasteiger partial charge >= 0.3 is 0 Å². The molecule has 0 aliphatic carbocycles. The van der Waals surface area contributed by atoms with Gasteiger partial charge in [0.15, 0.2) is 0 Å².